The molecule has 0 aliphatic rings. The molecule has 0 aliphatic heterocycles. The topological polar surface area (TPSA) is 28.7 Å². The first-order chi connectivity index (χ1) is 9.34. The Morgan fingerprint density at radius 1 is 1.05 bits per heavy atom. The van der Waals surface area contributed by atoms with Crippen molar-refractivity contribution in [2.24, 2.45) is 0 Å². The Kier molecular flexibility index (Phi) is 2.23. The summed E-state index contributed by atoms with van der Waals surface area (Å²) in [4.78, 5) is 3.35. The molecule has 0 spiro atoms. The zero-order valence-electron chi connectivity index (χ0n) is 10.5. The van der Waals surface area contributed by atoms with Crippen LogP contribution in [-0.4, -0.2) is 9.36 Å². The Morgan fingerprint density at radius 2 is 1.95 bits per heavy atom. The van der Waals surface area contributed by atoms with Crippen molar-refractivity contribution in [2.75, 3.05) is 0 Å². The molecule has 2 aromatic carbocycles. The normalized spacial score (nSPS) is 11.4. The molecule has 0 fully saturated rings. The maximum Gasteiger partial charge on any atom is 0.0940 e. The van der Waals surface area contributed by atoms with E-state index in [1.807, 2.05) is 0 Å². The Bertz CT molecular complexity index is 886. The van der Waals surface area contributed by atoms with E-state index in [0.717, 1.165) is 5.69 Å². The van der Waals surface area contributed by atoms with Crippen molar-refractivity contribution in [2.45, 2.75) is 6.92 Å². The number of aryl methyl sites for hydroxylation is 1. The van der Waals surface area contributed by atoms with Gasteiger partial charge in [-0.1, -0.05) is 30.3 Å². The molecule has 0 unspecified atom stereocenters. The molecule has 0 radical (unpaired) electrons. The molecular formula is C16H12N2S. The molecule has 0 atom stereocenters. The minimum atomic E-state index is 1.08. The van der Waals surface area contributed by atoms with E-state index in [4.69, 9.17) is 0 Å². The monoisotopic (exact) mass is 264 g/mol. The molecule has 0 amide bonds. The molecular weight excluding hydrogens is 252 g/mol. The molecule has 3 heteroatoms. The van der Waals surface area contributed by atoms with Gasteiger partial charge in [-0.25, -0.2) is 0 Å². The van der Waals surface area contributed by atoms with Crippen LogP contribution in [-0.2, 0) is 0 Å². The van der Waals surface area contributed by atoms with Crippen LogP contribution in [0.4, 0.5) is 0 Å². The van der Waals surface area contributed by atoms with Crippen molar-refractivity contribution in [3.05, 3.63) is 54.2 Å². The Hall–Kier alpha value is -2.13. The second-order valence-corrected chi connectivity index (χ2v) is 5.53. The Morgan fingerprint density at radius 3 is 2.89 bits per heavy atom. The van der Waals surface area contributed by atoms with Gasteiger partial charge in [0, 0.05) is 28.0 Å². The van der Waals surface area contributed by atoms with Crippen molar-refractivity contribution in [1.29, 1.82) is 0 Å². The quantitative estimate of drug-likeness (QED) is 0.528. The van der Waals surface area contributed by atoms with Gasteiger partial charge in [-0.3, -0.25) is 0 Å². The average Bonchev–Trinajstić information content (AvgIpc) is 3.02. The zero-order chi connectivity index (χ0) is 12.8. The zero-order valence-corrected chi connectivity index (χ0v) is 11.3. The second-order valence-electron chi connectivity index (χ2n) is 4.73. The van der Waals surface area contributed by atoms with Crippen LogP contribution in [0.15, 0.2) is 48.7 Å². The first-order valence-electron chi connectivity index (χ1n) is 6.26. The van der Waals surface area contributed by atoms with E-state index in [9.17, 15) is 0 Å². The minimum Gasteiger partial charge on any atom is -0.360 e. The fourth-order valence-corrected chi connectivity index (χ4v) is 3.42. The molecule has 1 N–H and O–H groups in total. The molecule has 4 rings (SSSR count). The molecule has 0 bridgehead atoms. The van der Waals surface area contributed by atoms with Crippen LogP contribution in [0.1, 0.15) is 5.56 Å². The number of hydrogen-bond donors (Lipinski definition) is 1. The minimum absolute atomic E-state index is 1.08. The van der Waals surface area contributed by atoms with Crippen molar-refractivity contribution >= 4 is 32.5 Å². The van der Waals surface area contributed by atoms with Crippen LogP contribution in [0, 0.1) is 6.92 Å². The van der Waals surface area contributed by atoms with Crippen molar-refractivity contribution in [3.63, 3.8) is 0 Å². The third-order valence-electron chi connectivity index (χ3n) is 3.55. The Balaban J connectivity index is 2.10. The van der Waals surface area contributed by atoms with Gasteiger partial charge in [0.25, 0.3) is 0 Å². The van der Waals surface area contributed by atoms with E-state index in [1.54, 1.807) is 11.5 Å². The lowest BCUT2D eigenvalue weighted by atomic mass is 10.0. The molecule has 4 aromatic rings. The standard InChI is InChI=1S/C16H12N2S/c1-10-5-4-7-13-15(10)12(9-17-13)16-11-6-2-3-8-14(11)19-18-16/h2-9,17H,1H3. The van der Waals surface area contributed by atoms with Crippen molar-refractivity contribution in [3.8, 4) is 11.3 Å². The van der Waals surface area contributed by atoms with Gasteiger partial charge in [-0.05, 0) is 36.2 Å². The molecule has 92 valence electrons. The number of benzene rings is 2. The van der Waals surface area contributed by atoms with Gasteiger partial charge in [0.15, 0.2) is 0 Å². The number of hydrogen-bond acceptors (Lipinski definition) is 2. The average molecular weight is 264 g/mol. The lowest BCUT2D eigenvalue weighted by Gasteiger charge is -2.00. The summed E-state index contributed by atoms with van der Waals surface area (Å²) >= 11 is 1.56. The first-order valence-corrected chi connectivity index (χ1v) is 7.03. The van der Waals surface area contributed by atoms with E-state index in [-0.39, 0.29) is 0 Å². The van der Waals surface area contributed by atoms with Gasteiger partial charge in [0.1, 0.15) is 0 Å². The lowest BCUT2D eigenvalue weighted by Crippen LogP contribution is -1.79. The van der Waals surface area contributed by atoms with E-state index in [0.29, 0.717) is 0 Å². The summed E-state index contributed by atoms with van der Waals surface area (Å²) in [6.07, 6.45) is 2.07. The smallest absolute Gasteiger partial charge is 0.0940 e. The summed E-state index contributed by atoms with van der Waals surface area (Å²) in [7, 11) is 0. The lowest BCUT2D eigenvalue weighted by molar-refractivity contribution is 1.46. The summed E-state index contributed by atoms with van der Waals surface area (Å²) in [5.74, 6) is 0. The SMILES string of the molecule is Cc1cccc2[nH]cc(-c3nsc4ccccc34)c12. The van der Waals surface area contributed by atoms with Crippen LogP contribution >= 0.6 is 11.5 Å². The number of aromatic amines is 1. The van der Waals surface area contributed by atoms with Crippen LogP contribution in [0.3, 0.4) is 0 Å². The van der Waals surface area contributed by atoms with Crippen molar-refractivity contribution in [1.82, 2.24) is 9.36 Å². The van der Waals surface area contributed by atoms with Crippen LogP contribution < -0.4 is 0 Å². The second kappa shape index (κ2) is 3.93. The predicted octanol–water partition coefficient (Wildman–Crippen LogP) is 4.75. The summed E-state index contributed by atoms with van der Waals surface area (Å²) in [5.41, 5.74) is 4.74. The number of fused-ring (bicyclic) bond motifs is 2. The first kappa shape index (κ1) is 10.8. The highest BCUT2D eigenvalue weighted by Gasteiger charge is 2.13. The molecule has 2 nitrogen and oxygen atoms in total. The molecule has 0 saturated carbocycles. The highest BCUT2D eigenvalue weighted by molar-refractivity contribution is 7.13. The molecule has 2 aromatic heterocycles. The molecule has 2 heterocycles. The highest BCUT2D eigenvalue weighted by atomic mass is 32.1. The number of nitrogens with one attached hydrogen (secondary N) is 1. The largest absolute Gasteiger partial charge is 0.360 e. The maximum absolute atomic E-state index is 4.65. The van der Waals surface area contributed by atoms with E-state index < -0.39 is 0 Å². The van der Waals surface area contributed by atoms with Gasteiger partial charge >= 0.3 is 0 Å². The summed E-state index contributed by atoms with van der Waals surface area (Å²) in [5, 5.41) is 2.51. The van der Waals surface area contributed by atoms with E-state index >= 15 is 0 Å². The van der Waals surface area contributed by atoms with Crippen LogP contribution in [0.5, 0.6) is 0 Å². The molecule has 0 aliphatic carbocycles. The number of aromatic nitrogens is 2. The predicted molar refractivity (Wildman–Crippen MR) is 81.6 cm³/mol. The van der Waals surface area contributed by atoms with Gasteiger partial charge in [0.05, 0.1) is 10.4 Å². The third kappa shape index (κ3) is 1.52. The Labute approximate surface area is 114 Å². The summed E-state index contributed by atoms with van der Waals surface area (Å²) in [6, 6.07) is 14.7. The van der Waals surface area contributed by atoms with E-state index in [1.165, 1.54) is 32.1 Å². The van der Waals surface area contributed by atoms with Crippen LogP contribution in [0.25, 0.3) is 32.2 Å². The third-order valence-corrected chi connectivity index (χ3v) is 4.37. The van der Waals surface area contributed by atoms with Gasteiger partial charge in [0.2, 0.25) is 0 Å². The van der Waals surface area contributed by atoms with Gasteiger partial charge < -0.3 is 4.98 Å². The van der Waals surface area contributed by atoms with E-state index in [2.05, 4.69) is 64.9 Å². The molecule has 19 heavy (non-hydrogen) atoms. The summed E-state index contributed by atoms with van der Waals surface area (Å²) in [6.45, 7) is 2.15. The van der Waals surface area contributed by atoms with Crippen LogP contribution in [0.2, 0.25) is 0 Å². The van der Waals surface area contributed by atoms with Gasteiger partial charge in [-0.15, -0.1) is 0 Å². The fraction of sp³-hybridized carbons (Fsp3) is 0.0625. The highest BCUT2D eigenvalue weighted by Crippen LogP contribution is 2.36. The van der Waals surface area contributed by atoms with Gasteiger partial charge in [-0.2, -0.15) is 4.37 Å². The maximum atomic E-state index is 4.65. The fourth-order valence-electron chi connectivity index (χ4n) is 2.63. The molecule has 0 saturated heterocycles. The van der Waals surface area contributed by atoms with Crippen molar-refractivity contribution < 1.29 is 0 Å². The summed E-state index contributed by atoms with van der Waals surface area (Å²) < 4.78 is 5.89. The number of H-pyrrole nitrogens is 1. The number of nitrogens with zero attached hydrogens (tertiary/aromatic N) is 1. The number of rotatable bonds is 1.